The van der Waals surface area contributed by atoms with Crippen LogP contribution in [0.15, 0.2) is 42.5 Å². The average molecular weight is 310 g/mol. The number of amides is 1. The van der Waals surface area contributed by atoms with E-state index in [0.717, 1.165) is 11.3 Å². The van der Waals surface area contributed by atoms with Crippen molar-refractivity contribution in [2.24, 2.45) is 5.73 Å². The monoisotopic (exact) mass is 310 g/mol. The molecule has 2 aromatic rings. The number of nitrogens with two attached hydrogens (primary N) is 1. The number of anilines is 1. The lowest BCUT2D eigenvalue weighted by molar-refractivity contribution is -0.126. The first-order valence-corrected chi connectivity index (χ1v) is 7.70. The second kappa shape index (κ2) is 5.28. The third-order valence-corrected chi connectivity index (χ3v) is 4.36. The summed E-state index contributed by atoms with van der Waals surface area (Å²) in [5.41, 5.74) is 9.06. The number of fused-ring (bicyclic) bond motifs is 1. The maximum Gasteiger partial charge on any atom is 0.247 e. The van der Waals surface area contributed by atoms with E-state index in [1.807, 2.05) is 49.4 Å². The number of ether oxygens (including phenoxy) is 2. The molecule has 2 aliphatic rings. The molecule has 2 aliphatic heterocycles. The second-order valence-corrected chi connectivity index (χ2v) is 5.92. The lowest BCUT2D eigenvalue weighted by Gasteiger charge is -2.45. The fraction of sp³-hybridized carbons (Fsp3) is 0.278. The van der Waals surface area contributed by atoms with Crippen molar-refractivity contribution in [1.82, 2.24) is 0 Å². The van der Waals surface area contributed by atoms with Crippen LogP contribution in [-0.4, -0.2) is 25.2 Å². The number of carbonyl (C=O) groups is 1. The Morgan fingerprint density at radius 2 is 1.74 bits per heavy atom. The van der Waals surface area contributed by atoms with Crippen LogP contribution in [0.2, 0.25) is 0 Å². The molecule has 0 bridgehead atoms. The summed E-state index contributed by atoms with van der Waals surface area (Å²) in [5, 5.41) is 0. The SMILES string of the molecule is Cc1ccc([C@H]2[C@H](N)C(=O)N2c2ccc3c(c2)OCCO3)cc1. The Morgan fingerprint density at radius 1 is 1.04 bits per heavy atom. The largest absolute Gasteiger partial charge is 0.486 e. The van der Waals surface area contributed by atoms with Gasteiger partial charge in [0.05, 0.1) is 6.04 Å². The van der Waals surface area contributed by atoms with E-state index >= 15 is 0 Å². The molecule has 23 heavy (non-hydrogen) atoms. The molecular weight excluding hydrogens is 292 g/mol. The molecule has 2 N–H and O–H groups in total. The summed E-state index contributed by atoms with van der Waals surface area (Å²) in [6, 6.07) is 13.0. The van der Waals surface area contributed by atoms with Crippen molar-refractivity contribution in [2.75, 3.05) is 18.1 Å². The number of carbonyl (C=O) groups excluding carboxylic acids is 1. The van der Waals surface area contributed by atoms with Crippen molar-refractivity contribution in [1.29, 1.82) is 0 Å². The average Bonchev–Trinajstić information content (AvgIpc) is 2.59. The van der Waals surface area contributed by atoms with Crippen LogP contribution in [-0.2, 0) is 4.79 Å². The molecule has 0 radical (unpaired) electrons. The summed E-state index contributed by atoms with van der Waals surface area (Å²) >= 11 is 0. The first-order valence-electron chi connectivity index (χ1n) is 7.70. The quantitative estimate of drug-likeness (QED) is 0.864. The fourth-order valence-electron chi connectivity index (χ4n) is 3.10. The molecule has 1 saturated heterocycles. The van der Waals surface area contributed by atoms with Crippen LogP contribution >= 0.6 is 0 Å². The first kappa shape index (κ1) is 14.1. The van der Waals surface area contributed by atoms with Crippen molar-refractivity contribution in [3.05, 3.63) is 53.6 Å². The van der Waals surface area contributed by atoms with E-state index in [2.05, 4.69) is 0 Å². The minimum Gasteiger partial charge on any atom is -0.486 e. The molecule has 0 saturated carbocycles. The number of hydrogen-bond acceptors (Lipinski definition) is 4. The molecule has 1 fully saturated rings. The molecule has 4 rings (SSSR count). The van der Waals surface area contributed by atoms with E-state index in [0.29, 0.717) is 24.7 Å². The zero-order valence-corrected chi connectivity index (χ0v) is 12.9. The molecule has 2 atom stereocenters. The summed E-state index contributed by atoms with van der Waals surface area (Å²) in [6.45, 7) is 3.10. The van der Waals surface area contributed by atoms with Crippen molar-refractivity contribution in [3.8, 4) is 11.5 Å². The summed E-state index contributed by atoms with van der Waals surface area (Å²) in [4.78, 5) is 14.0. The minimum atomic E-state index is -0.508. The molecule has 0 aliphatic carbocycles. The maximum absolute atomic E-state index is 12.3. The van der Waals surface area contributed by atoms with Crippen molar-refractivity contribution in [3.63, 3.8) is 0 Å². The molecule has 5 heteroatoms. The van der Waals surface area contributed by atoms with Crippen molar-refractivity contribution < 1.29 is 14.3 Å². The van der Waals surface area contributed by atoms with E-state index < -0.39 is 6.04 Å². The van der Waals surface area contributed by atoms with Crippen LogP contribution in [0.5, 0.6) is 11.5 Å². The topological polar surface area (TPSA) is 64.8 Å². The first-order chi connectivity index (χ1) is 11.1. The molecule has 2 heterocycles. The van der Waals surface area contributed by atoms with Gasteiger partial charge in [0.25, 0.3) is 0 Å². The zero-order valence-electron chi connectivity index (χ0n) is 12.9. The fourth-order valence-corrected chi connectivity index (χ4v) is 3.10. The van der Waals surface area contributed by atoms with Crippen LogP contribution in [0.25, 0.3) is 0 Å². The predicted octanol–water partition coefficient (Wildman–Crippen LogP) is 2.18. The van der Waals surface area contributed by atoms with Gasteiger partial charge in [-0.3, -0.25) is 4.79 Å². The molecule has 0 unspecified atom stereocenters. The highest BCUT2D eigenvalue weighted by Gasteiger charge is 2.46. The molecule has 5 nitrogen and oxygen atoms in total. The van der Waals surface area contributed by atoms with E-state index in [1.54, 1.807) is 4.90 Å². The summed E-state index contributed by atoms with van der Waals surface area (Å²) in [6.07, 6.45) is 0. The Bertz CT molecular complexity index is 757. The molecule has 0 spiro atoms. The smallest absolute Gasteiger partial charge is 0.247 e. The van der Waals surface area contributed by atoms with Crippen LogP contribution in [0.4, 0.5) is 5.69 Å². The normalized spacial score (nSPS) is 22.7. The number of rotatable bonds is 2. The number of aryl methyl sites for hydroxylation is 1. The van der Waals surface area contributed by atoms with Gasteiger partial charge in [0.1, 0.15) is 19.3 Å². The van der Waals surface area contributed by atoms with E-state index in [1.165, 1.54) is 5.56 Å². The highest BCUT2D eigenvalue weighted by atomic mass is 16.6. The predicted molar refractivity (Wildman–Crippen MR) is 86.8 cm³/mol. The van der Waals surface area contributed by atoms with Crippen LogP contribution in [0.3, 0.4) is 0 Å². The van der Waals surface area contributed by atoms with Crippen molar-refractivity contribution in [2.45, 2.75) is 19.0 Å². The number of hydrogen-bond donors (Lipinski definition) is 1. The Kier molecular flexibility index (Phi) is 3.23. The van der Waals surface area contributed by atoms with Gasteiger partial charge in [0.15, 0.2) is 11.5 Å². The van der Waals surface area contributed by atoms with Gasteiger partial charge in [-0.15, -0.1) is 0 Å². The van der Waals surface area contributed by atoms with Gasteiger partial charge in [-0.1, -0.05) is 29.8 Å². The standard InChI is InChI=1S/C18H18N2O3/c1-11-2-4-12(5-3-11)17-16(19)18(21)20(17)13-6-7-14-15(10-13)23-9-8-22-14/h2-7,10,16-17H,8-9,19H2,1H3/t16-,17-/m0/s1. The summed E-state index contributed by atoms with van der Waals surface area (Å²) in [5.74, 6) is 1.31. The van der Waals surface area contributed by atoms with Crippen LogP contribution in [0, 0.1) is 6.92 Å². The van der Waals surface area contributed by atoms with Gasteiger partial charge in [-0.25, -0.2) is 0 Å². The van der Waals surface area contributed by atoms with E-state index in [9.17, 15) is 4.79 Å². The lowest BCUT2D eigenvalue weighted by atomic mass is 9.88. The summed E-state index contributed by atoms with van der Waals surface area (Å²) in [7, 11) is 0. The lowest BCUT2D eigenvalue weighted by Crippen LogP contribution is -2.63. The number of nitrogens with zero attached hydrogens (tertiary/aromatic N) is 1. The molecule has 2 aromatic carbocycles. The van der Waals surface area contributed by atoms with E-state index in [4.69, 9.17) is 15.2 Å². The highest BCUT2D eigenvalue weighted by Crippen LogP contribution is 2.42. The third kappa shape index (κ3) is 2.24. The van der Waals surface area contributed by atoms with Gasteiger partial charge in [-0.05, 0) is 24.6 Å². The van der Waals surface area contributed by atoms with E-state index in [-0.39, 0.29) is 11.9 Å². The molecule has 0 aromatic heterocycles. The highest BCUT2D eigenvalue weighted by molar-refractivity contribution is 6.05. The van der Waals surface area contributed by atoms with Gasteiger partial charge in [0, 0.05) is 11.8 Å². The number of β-lactam (4-membered cyclic amide) rings is 1. The van der Waals surface area contributed by atoms with Crippen LogP contribution in [0.1, 0.15) is 17.2 Å². The Morgan fingerprint density at radius 3 is 2.48 bits per heavy atom. The van der Waals surface area contributed by atoms with Gasteiger partial charge in [-0.2, -0.15) is 0 Å². The Hall–Kier alpha value is -2.53. The van der Waals surface area contributed by atoms with Crippen molar-refractivity contribution >= 4 is 11.6 Å². The molecule has 118 valence electrons. The van der Waals surface area contributed by atoms with Crippen LogP contribution < -0.4 is 20.1 Å². The maximum atomic E-state index is 12.3. The molecular formula is C18H18N2O3. The van der Waals surface area contributed by atoms with Gasteiger partial charge < -0.3 is 20.1 Å². The minimum absolute atomic E-state index is 0.0766. The van der Waals surface area contributed by atoms with Gasteiger partial charge in [0.2, 0.25) is 5.91 Å². The van der Waals surface area contributed by atoms with Gasteiger partial charge >= 0.3 is 0 Å². The Labute approximate surface area is 134 Å². The summed E-state index contributed by atoms with van der Waals surface area (Å²) < 4.78 is 11.1. The third-order valence-electron chi connectivity index (χ3n) is 4.36. The molecule has 1 amide bonds. The Balaban J connectivity index is 1.69. The number of benzene rings is 2. The zero-order chi connectivity index (χ0) is 16.0. The second-order valence-electron chi connectivity index (χ2n) is 5.92.